The summed E-state index contributed by atoms with van der Waals surface area (Å²) in [4.78, 5) is 4.81. The highest BCUT2D eigenvalue weighted by Crippen LogP contribution is 2.49. The summed E-state index contributed by atoms with van der Waals surface area (Å²) in [5.74, 6) is 0. The molecule has 1 saturated carbocycles. The van der Waals surface area contributed by atoms with Gasteiger partial charge in [-0.05, 0) is 63.3 Å². The average Bonchev–Trinajstić information content (AvgIpc) is 3.42. The van der Waals surface area contributed by atoms with E-state index in [-0.39, 0.29) is 11.0 Å². The molecule has 27 heavy (non-hydrogen) atoms. The van der Waals surface area contributed by atoms with Crippen LogP contribution in [0.15, 0.2) is 36.7 Å². The third kappa shape index (κ3) is 3.21. The van der Waals surface area contributed by atoms with E-state index in [1.54, 1.807) is 0 Å². The van der Waals surface area contributed by atoms with Crippen LogP contribution in [0.4, 0.5) is 0 Å². The maximum absolute atomic E-state index is 6.36. The number of nitrogens with zero attached hydrogens (tertiary/aromatic N) is 3. The Bertz CT molecular complexity index is 768. The monoisotopic (exact) mass is 366 g/mol. The van der Waals surface area contributed by atoms with Gasteiger partial charge in [-0.2, -0.15) is 5.10 Å². The molecule has 2 unspecified atom stereocenters. The SMILES string of the molecule is c1ccc(C2(CCNC3CCn4nccc43)CCOC3(CCCC3)C2)nc1. The van der Waals surface area contributed by atoms with Crippen LogP contribution < -0.4 is 5.32 Å². The van der Waals surface area contributed by atoms with Crippen molar-refractivity contribution in [2.24, 2.45) is 0 Å². The molecule has 0 amide bonds. The summed E-state index contributed by atoms with van der Waals surface area (Å²) in [5, 5.41) is 8.22. The first-order valence-corrected chi connectivity index (χ1v) is 10.6. The van der Waals surface area contributed by atoms with E-state index in [9.17, 15) is 0 Å². The number of fused-ring (bicyclic) bond motifs is 1. The molecule has 4 heterocycles. The standard InChI is InChI=1S/C22H30N4O/c1-4-12-24-20(5-1)21(11-16-27-22(17-21)8-2-3-9-22)10-14-23-18-7-15-26-19(18)6-13-25-26/h1,4-6,12-13,18,23H,2-3,7-11,14-17H2. The van der Waals surface area contributed by atoms with Gasteiger partial charge in [-0.15, -0.1) is 0 Å². The molecule has 1 N–H and O–H groups in total. The van der Waals surface area contributed by atoms with Crippen LogP contribution in [0.5, 0.6) is 0 Å². The number of pyridine rings is 1. The molecule has 2 aromatic rings. The Morgan fingerprint density at radius 1 is 1.15 bits per heavy atom. The van der Waals surface area contributed by atoms with E-state index in [1.807, 2.05) is 18.5 Å². The second kappa shape index (κ2) is 7.02. The van der Waals surface area contributed by atoms with Crippen molar-refractivity contribution < 1.29 is 4.74 Å². The fourth-order valence-corrected chi connectivity index (χ4v) is 5.71. The first-order valence-electron chi connectivity index (χ1n) is 10.6. The molecule has 2 fully saturated rings. The predicted octanol–water partition coefficient (Wildman–Crippen LogP) is 3.76. The Balaban J connectivity index is 1.33. The van der Waals surface area contributed by atoms with Crippen molar-refractivity contribution >= 4 is 0 Å². The third-order valence-corrected chi connectivity index (χ3v) is 7.10. The van der Waals surface area contributed by atoms with Gasteiger partial charge in [0, 0.05) is 36.7 Å². The third-order valence-electron chi connectivity index (χ3n) is 7.10. The van der Waals surface area contributed by atoms with Gasteiger partial charge in [0.05, 0.1) is 17.3 Å². The van der Waals surface area contributed by atoms with E-state index in [4.69, 9.17) is 9.72 Å². The lowest BCUT2D eigenvalue weighted by atomic mass is 9.68. The molecular formula is C22H30N4O. The summed E-state index contributed by atoms with van der Waals surface area (Å²) >= 11 is 0. The normalized spacial score (nSPS) is 29.3. The molecule has 2 atom stereocenters. The average molecular weight is 367 g/mol. The molecule has 144 valence electrons. The number of aryl methyl sites for hydroxylation is 1. The molecule has 1 spiro atoms. The summed E-state index contributed by atoms with van der Waals surface area (Å²) in [6.45, 7) is 2.91. The molecule has 1 saturated heterocycles. The highest BCUT2D eigenvalue weighted by Gasteiger charge is 2.48. The molecular weight excluding hydrogens is 336 g/mol. The Morgan fingerprint density at radius 2 is 2.07 bits per heavy atom. The van der Waals surface area contributed by atoms with E-state index in [0.29, 0.717) is 6.04 Å². The zero-order valence-electron chi connectivity index (χ0n) is 16.1. The van der Waals surface area contributed by atoms with Crippen LogP contribution in [-0.2, 0) is 16.7 Å². The molecule has 5 rings (SSSR count). The van der Waals surface area contributed by atoms with Gasteiger partial charge in [-0.25, -0.2) is 0 Å². The quantitative estimate of drug-likeness (QED) is 0.875. The van der Waals surface area contributed by atoms with Crippen LogP contribution in [0.3, 0.4) is 0 Å². The van der Waals surface area contributed by atoms with Crippen LogP contribution in [0, 0.1) is 0 Å². The Hall–Kier alpha value is -1.72. The lowest BCUT2D eigenvalue weighted by Gasteiger charge is -2.46. The highest BCUT2D eigenvalue weighted by molar-refractivity contribution is 5.21. The molecule has 2 aromatic heterocycles. The van der Waals surface area contributed by atoms with Gasteiger partial charge in [0.2, 0.25) is 0 Å². The van der Waals surface area contributed by atoms with Crippen molar-refractivity contribution in [2.75, 3.05) is 13.2 Å². The number of hydrogen-bond acceptors (Lipinski definition) is 4. The van der Waals surface area contributed by atoms with Crippen LogP contribution in [0.1, 0.15) is 68.8 Å². The fraction of sp³-hybridized carbons (Fsp3) is 0.636. The Kier molecular flexibility index (Phi) is 4.52. The number of aromatic nitrogens is 3. The Labute approximate surface area is 161 Å². The molecule has 0 aromatic carbocycles. The van der Waals surface area contributed by atoms with Gasteiger partial charge in [0.25, 0.3) is 0 Å². The van der Waals surface area contributed by atoms with Crippen LogP contribution in [0.25, 0.3) is 0 Å². The highest BCUT2D eigenvalue weighted by atomic mass is 16.5. The fourth-order valence-electron chi connectivity index (χ4n) is 5.71. The number of nitrogens with one attached hydrogen (secondary N) is 1. The van der Waals surface area contributed by atoms with Crippen LogP contribution >= 0.6 is 0 Å². The molecule has 2 aliphatic heterocycles. The zero-order valence-corrected chi connectivity index (χ0v) is 16.1. The number of rotatable bonds is 5. The molecule has 5 nitrogen and oxygen atoms in total. The second-order valence-electron chi connectivity index (χ2n) is 8.69. The minimum absolute atomic E-state index is 0.0990. The first-order chi connectivity index (χ1) is 13.3. The van der Waals surface area contributed by atoms with E-state index < -0.39 is 0 Å². The van der Waals surface area contributed by atoms with Crippen molar-refractivity contribution in [2.45, 2.75) is 75.0 Å². The largest absolute Gasteiger partial charge is 0.375 e. The minimum atomic E-state index is 0.0990. The number of ether oxygens (including phenoxy) is 1. The lowest BCUT2D eigenvalue weighted by molar-refractivity contribution is -0.104. The van der Waals surface area contributed by atoms with Gasteiger partial charge < -0.3 is 10.1 Å². The van der Waals surface area contributed by atoms with E-state index >= 15 is 0 Å². The maximum atomic E-state index is 6.36. The predicted molar refractivity (Wildman–Crippen MR) is 105 cm³/mol. The van der Waals surface area contributed by atoms with E-state index in [2.05, 4.69) is 33.3 Å². The zero-order chi connectivity index (χ0) is 18.2. The van der Waals surface area contributed by atoms with Crippen molar-refractivity contribution in [3.63, 3.8) is 0 Å². The van der Waals surface area contributed by atoms with Gasteiger partial charge in [0.1, 0.15) is 0 Å². The topological polar surface area (TPSA) is 52.0 Å². The summed E-state index contributed by atoms with van der Waals surface area (Å²) in [6.07, 6.45) is 13.4. The van der Waals surface area contributed by atoms with E-state index in [0.717, 1.165) is 45.4 Å². The molecule has 0 radical (unpaired) electrons. The van der Waals surface area contributed by atoms with Gasteiger partial charge in [-0.1, -0.05) is 18.9 Å². The van der Waals surface area contributed by atoms with E-state index in [1.165, 1.54) is 37.1 Å². The Morgan fingerprint density at radius 3 is 2.93 bits per heavy atom. The molecule has 1 aliphatic carbocycles. The minimum Gasteiger partial charge on any atom is -0.375 e. The summed E-state index contributed by atoms with van der Waals surface area (Å²) < 4.78 is 8.49. The lowest BCUT2D eigenvalue weighted by Crippen LogP contribution is -2.47. The maximum Gasteiger partial charge on any atom is 0.0691 e. The smallest absolute Gasteiger partial charge is 0.0691 e. The van der Waals surface area contributed by atoms with Crippen LogP contribution in [0.2, 0.25) is 0 Å². The molecule has 5 heteroatoms. The van der Waals surface area contributed by atoms with Gasteiger partial charge in [-0.3, -0.25) is 9.67 Å². The summed E-state index contributed by atoms with van der Waals surface area (Å²) in [6, 6.07) is 9.00. The van der Waals surface area contributed by atoms with Gasteiger partial charge >= 0.3 is 0 Å². The summed E-state index contributed by atoms with van der Waals surface area (Å²) in [7, 11) is 0. The summed E-state index contributed by atoms with van der Waals surface area (Å²) in [5.41, 5.74) is 2.83. The van der Waals surface area contributed by atoms with Gasteiger partial charge in [0.15, 0.2) is 0 Å². The molecule has 3 aliphatic rings. The van der Waals surface area contributed by atoms with Crippen molar-refractivity contribution in [1.82, 2.24) is 20.1 Å². The second-order valence-corrected chi connectivity index (χ2v) is 8.69. The molecule has 0 bridgehead atoms. The van der Waals surface area contributed by atoms with Crippen molar-refractivity contribution in [1.29, 1.82) is 0 Å². The number of hydrogen-bond donors (Lipinski definition) is 1. The van der Waals surface area contributed by atoms with Crippen molar-refractivity contribution in [3.05, 3.63) is 48.0 Å². The first kappa shape index (κ1) is 17.4. The van der Waals surface area contributed by atoms with Crippen molar-refractivity contribution in [3.8, 4) is 0 Å². The van der Waals surface area contributed by atoms with Crippen LogP contribution in [-0.4, -0.2) is 33.5 Å².